The molecule has 0 N–H and O–H groups in total. The topological polar surface area (TPSA) is 4.93 Å². The van der Waals surface area contributed by atoms with Crippen LogP contribution in [0.15, 0.2) is 91.0 Å². The first-order valence-corrected chi connectivity index (χ1v) is 13.8. The fraction of sp³-hybridized carbons (Fsp3) is 0.353. The molecule has 4 aromatic carbocycles. The molecule has 1 nitrogen and oxygen atoms in total. The lowest BCUT2D eigenvalue weighted by atomic mass is 10.0. The second-order valence-corrected chi connectivity index (χ2v) is 10.2. The molecule has 0 saturated carbocycles. The van der Waals surface area contributed by atoms with Gasteiger partial charge in [-0.05, 0) is 47.7 Å². The lowest BCUT2D eigenvalue weighted by molar-refractivity contribution is 0.538. The number of hydrogen-bond acceptors (Lipinski definition) is 0. The normalized spacial score (nSPS) is 11.7. The van der Waals surface area contributed by atoms with Crippen molar-refractivity contribution in [2.45, 2.75) is 77.2 Å². The van der Waals surface area contributed by atoms with E-state index < -0.39 is 0 Å². The van der Waals surface area contributed by atoms with E-state index in [0.717, 1.165) is 6.54 Å². The summed E-state index contributed by atoms with van der Waals surface area (Å²) in [5.74, 6) is 0. The highest BCUT2D eigenvalue weighted by atomic mass is 15.0. The standard InChI is InChI=1S/C34H39N/c1(3-5-7-9-17-28-24-25-29-18-10-11-19-30(29)27-28)2-4-6-8-16-26-35-33-22-14-12-20-31(33)32-21-13-15-23-34(32)35/h10-15,18-25,27H,1-9,16-17,26H2. The lowest BCUT2D eigenvalue weighted by Crippen LogP contribution is -1.97. The Balaban J connectivity index is 0.933. The summed E-state index contributed by atoms with van der Waals surface area (Å²) in [7, 11) is 0. The highest BCUT2D eigenvalue weighted by Gasteiger charge is 2.08. The number of aromatic nitrogens is 1. The van der Waals surface area contributed by atoms with E-state index in [1.54, 1.807) is 0 Å². The minimum Gasteiger partial charge on any atom is -0.340 e. The number of aryl methyl sites for hydroxylation is 2. The summed E-state index contributed by atoms with van der Waals surface area (Å²) in [4.78, 5) is 0. The van der Waals surface area contributed by atoms with Gasteiger partial charge in [-0.2, -0.15) is 0 Å². The molecule has 0 aliphatic heterocycles. The van der Waals surface area contributed by atoms with Crippen molar-refractivity contribution in [1.29, 1.82) is 0 Å². The zero-order valence-corrected chi connectivity index (χ0v) is 21.1. The van der Waals surface area contributed by atoms with Crippen molar-refractivity contribution >= 4 is 32.6 Å². The van der Waals surface area contributed by atoms with E-state index in [0.29, 0.717) is 0 Å². The molecule has 180 valence electrons. The van der Waals surface area contributed by atoms with E-state index in [1.807, 2.05) is 0 Å². The van der Waals surface area contributed by atoms with Crippen LogP contribution in [0.4, 0.5) is 0 Å². The molecule has 0 fully saturated rings. The quantitative estimate of drug-likeness (QED) is 0.154. The molecular weight excluding hydrogens is 422 g/mol. The number of hydrogen-bond donors (Lipinski definition) is 0. The predicted molar refractivity (Wildman–Crippen MR) is 153 cm³/mol. The van der Waals surface area contributed by atoms with Gasteiger partial charge in [-0.1, -0.05) is 130 Å². The molecule has 0 unspecified atom stereocenters. The number of fused-ring (bicyclic) bond motifs is 4. The number of nitrogens with zero attached hydrogens (tertiary/aromatic N) is 1. The third kappa shape index (κ3) is 5.96. The molecule has 1 heteroatoms. The minimum absolute atomic E-state index is 1.13. The van der Waals surface area contributed by atoms with E-state index >= 15 is 0 Å². The van der Waals surface area contributed by atoms with Gasteiger partial charge in [0.05, 0.1) is 0 Å². The highest BCUT2D eigenvalue weighted by Crippen LogP contribution is 2.29. The van der Waals surface area contributed by atoms with Gasteiger partial charge >= 0.3 is 0 Å². The monoisotopic (exact) mass is 461 g/mol. The van der Waals surface area contributed by atoms with E-state index in [-0.39, 0.29) is 0 Å². The summed E-state index contributed by atoms with van der Waals surface area (Å²) < 4.78 is 2.53. The van der Waals surface area contributed by atoms with Gasteiger partial charge in [-0.25, -0.2) is 0 Å². The Bertz CT molecular complexity index is 1310. The molecule has 0 atom stereocenters. The maximum absolute atomic E-state index is 2.53. The molecule has 5 aromatic rings. The molecule has 35 heavy (non-hydrogen) atoms. The van der Waals surface area contributed by atoms with E-state index in [9.17, 15) is 0 Å². The predicted octanol–water partition coefficient (Wildman–Crippen LogP) is 10.1. The van der Waals surface area contributed by atoms with Gasteiger partial charge < -0.3 is 4.57 Å². The molecule has 0 amide bonds. The second kappa shape index (κ2) is 12.1. The van der Waals surface area contributed by atoms with Crippen LogP contribution in [-0.2, 0) is 13.0 Å². The molecule has 0 spiro atoms. The van der Waals surface area contributed by atoms with Crippen LogP contribution in [0.2, 0.25) is 0 Å². The molecule has 1 aromatic heterocycles. The van der Waals surface area contributed by atoms with Crippen LogP contribution in [0.1, 0.15) is 69.8 Å². The van der Waals surface area contributed by atoms with Crippen LogP contribution in [0.5, 0.6) is 0 Å². The minimum atomic E-state index is 1.13. The molecule has 0 aliphatic carbocycles. The van der Waals surface area contributed by atoms with Crippen LogP contribution in [0, 0.1) is 0 Å². The Hall–Kier alpha value is -3.06. The van der Waals surface area contributed by atoms with Crippen molar-refractivity contribution in [3.63, 3.8) is 0 Å². The number of para-hydroxylation sites is 2. The fourth-order valence-corrected chi connectivity index (χ4v) is 5.65. The van der Waals surface area contributed by atoms with Crippen molar-refractivity contribution in [2.24, 2.45) is 0 Å². The van der Waals surface area contributed by atoms with Crippen LogP contribution in [-0.4, -0.2) is 4.57 Å². The Morgan fingerprint density at radius 1 is 0.429 bits per heavy atom. The van der Waals surface area contributed by atoms with Crippen molar-refractivity contribution < 1.29 is 0 Å². The fourth-order valence-electron chi connectivity index (χ4n) is 5.65. The third-order valence-corrected chi connectivity index (χ3v) is 7.59. The largest absolute Gasteiger partial charge is 0.340 e. The Morgan fingerprint density at radius 3 is 1.60 bits per heavy atom. The van der Waals surface area contributed by atoms with Gasteiger partial charge in [0.2, 0.25) is 0 Å². The average Bonchev–Trinajstić information content (AvgIpc) is 3.23. The second-order valence-electron chi connectivity index (χ2n) is 10.2. The molecule has 0 radical (unpaired) electrons. The van der Waals surface area contributed by atoms with E-state index in [4.69, 9.17) is 0 Å². The summed E-state index contributed by atoms with van der Waals surface area (Å²) in [5.41, 5.74) is 4.26. The van der Waals surface area contributed by atoms with Crippen LogP contribution in [0.3, 0.4) is 0 Å². The van der Waals surface area contributed by atoms with Gasteiger partial charge in [0, 0.05) is 28.4 Å². The van der Waals surface area contributed by atoms with Crippen LogP contribution in [0.25, 0.3) is 32.6 Å². The van der Waals surface area contributed by atoms with Crippen molar-refractivity contribution in [3.05, 3.63) is 96.6 Å². The van der Waals surface area contributed by atoms with Crippen molar-refractivity contribution in [3.8, 4) is 0 Å². The van der Waals surface area contributed by atoms with Crippen LogP contribution >= 0.6 is 0 Å². The summed E-state index contributed by atoms with van der Waals surface area (Å²) in [6, 6.07) is 33.4. The Kier molecular flexibility index (Phi) is 8.16. The maximum atomic E-state index is 2.53. The van der Waals surface area contributed by atoms with E-state index in [1.165, 1.54) is 109 Å². The summed E-state index contributed by atoms with van der Waals surface area (Å²) >= 11 is 0. The highest BCUT2D eigenvalue weighted by molar-refractivity contribution is 6.07. The van der Waals surface area contributed by atoms with Gasteiger partial charge in [0.1, 0.15) is 0 Å². The molecule has 5 rings (SSSR count). The molecule has 0 aliphatic rings. The number of unbranched alkanes of at least 4 members (excludes halogenated alkanes) is 9. The molecule has 0 saturated heterocycles. The zero-order valence-electron chi connectivity index (χ0n) is 21.1. The SMILES string of the molecule is c1ccc2cc(CCCCCCCCCCCCn3c4ccccc4c4ccccc43)ccc2c1. The average molecular weight is 462 g/mol. The Morgan fingerprint density at radius 2 is 0.943 bits per heavy atom. The smallest absolute Gasteiger partial charge is 0.0491 e. The number of rotatable bonds is 13. The first-order chi connectivity index (χ1) is 17.4. The maximum Gasteiger partial charge on any atom is 0.0491 e. The molecule has 0 bridgehead atoms. The van der Waals surface area contributed by atoms with Gasteiger partial charge in [0.25, 0.3) is 0 Å². The van der Waals surface area contributed by atoms with Gasteiger partial charge in [0.15, 0.2) is 0 Å². The third-order valence-electron chi connectivity index (χ3n) is 7.59. The van der Waals surface area contributed by atoms with Crippen molar-refractivity contribution in [1.82, 2.24) is 4.57 Å². The number of benzene rings is 4. The van der Waals surface area contributed by atoms with Gasteiger partial charge in [-0.3, -0.25) is 0 Å². The lowest BCUT2D eigenvalue weighted by Gasteiger charge is -2.08. The zero-order chi connectivity index (χ0) is 23.7. The summed E-state index contributed by atoms with van der Waals surface area (Å²) in [6.45, 7) is 1.13. The van der Waals surface area contributed by atoms with Gasteiger partial charge in [-0.15, -0.1) is 0 Å². The summed E-state index contributed by atoms with van der Waals surface area (Å²) in [6.07, 6.45) is 14.9. The molecule has 1 heterocycles. The Labute approximate surface area is 210 Å². The summed E-state index contributed by atoms with van der Waals surface area (Å²) in [5, 5.41) is 5.50. The van der Waals surface area contributed by atoms with Crippen LogP contribution < -0.4 is 0 Å². The molecular formula is C34H39N. The first kappa shape index (κ1) is 23.7. The first-order valence-electron chi connectivity index (χ1n) is 13.8. The van der Waals surface area contributed by atoms with E-state index in [2.05, 4.69) is 95.6 Å². The van der Waals surface area contributed by atoms with Crippen molar-refractivity contribution in [2.75, 3.05) is 0 Å².